The van der Waals surface area contributed by atoms with E-state index in [9.17, 15) is 18.0 Å². The van der Waals surface area contributed by atoms with Gasteiger partial charge in [-0.25, -0.2) is 13.2 Å². The second-order valence-corrected chi connectivity index (χ2v) is 6.01. The summed E-state index contributed by atoms with van der Waals surface area (Å²) in [5.74, 6) is -1.72. The SMILES string of the molecule is CCOC(=O)C(=O)c1cc2c(cc1S(C)(=O)=O)OCO2. The van der Waals surface area contributed by atoms with Gasteiger partial charge in [0.2, 0.25) is 6.79 Å². The van der Waals surface area contributed by atoms with Crippen molar-refractivity contribution in [1.82, 2.24) is 0 Å². The Balaban J connectivity index is 2.56. The van der Waals surface area contributed by atoms with Crippen molar-refractivity contribution in [1.29, 1.82) is 0 Å². The molecule has 0 bridgehead atoms. The molecule has 0 N–H and O–H groups in total. The normalized spacial score (nSPS) is 13.1. The third kappa shape index (κ3) is 2.60. The highest BCUT2D eigenvalue weighted by atomic mass is 32.2. The maximum Gasteiger partial charge on any atom is 0.379 e. The van der Waals surface area contributed by atoms with Crippen LogP contribution in [0, 0.1) is 0 Å². The second kappa shape index (κ2) is 5.12. The van der Waals surface area contributed by atoms with Gasteiger partial charge in [0.15, 0.2) is 21.3 Å². The summed E-state index contributed by atoms with van der Waals surface area (Å²) in [5.41, 5.74) is -0.282. The van der Waals surface area contributed by atoms with Gasteiger partial charge in [-0.15, -0.1) is 0 Å². The van der Waals surface area contributed by atoms with Gasteiger partial charge in [-0.1, -0.05) is 0 Å². The highest BCUT2D eigenvalue weighted by molar-refractivity contribution is 7.90. The number of hydrogen-bond donors (Lipinski definition) is 0. The summed E-state index contributed by atoms with van der Waals surface area (Å²) < 4.78 is 38.2. The van der Waals surface area contributed by atoms with Gasteiger partial charge in [-0.05, 0) is 13.0 Å². The zero-order valence-electron chi connectivity index (χ0n) is 10.8. The zero-order valence-corrected chi connectivity index (χ0v) is 11.7. The summed E-state index contributed by atoms with van der Waals surface area (Å²) in [6.45, 7) is 1.49. The molecule has 8 heteroatoms. The largest absolute Gasteiger partial charge is 0.460 e. The Morgan fingerprint density at radius 2 is 1.85 bits per heavy atom. The Bertz CT molecular complexity index is 675. The van der Waals surface area contributed by atoms with Gasteiger partial charge in [0.25, 0.3) is 5.78 Å². The first kappa shape index (κ1) is 14.3. The van der Waals surface area contributed by atoms with Crippen molar-refractivity contribution in [3.8, 4) is 11.5 Å². The van der Waals surface area contributed by atoms with E-state index in [4.69, 9.17) is 9.47 Å². The Hall–Kier alpha value is -2.09. The molecule has 1 aliphatic rings. The van der Waals surface area contributed by atoms with E-state index in [2.05, 4.69) is 4.74 Å². The van der Waals surface area contributed by atoms with Gasteiger partial charge in [-0.3, -0.25) is 4.79 Å². The number of ether oxygens (including phenoxy) is 3. The fourth-order valence-electron chi connectivity index (χ4n) is 1.71. The summed E-state index contributed by atoms with van der Waals surface area (Å²) in [7, 11) is -3.71. The number of carbonyl (C=O) groups is 2. The van der Waals surface area contributed by atoms with Crippen LogP contribution in [-0.2, 0) is 19.4 Å². The van der Waals surface area contributed by atoms with Crippen molar-refractivity contribution in [3.05, 3.63) is 17.7 Å². The number of benzene rings is 1. The number of esters is 1. The molecule has 0 saturated heterocycles. The van der Waals surface area contributed by atoms with Gasteiger partial charge in [0.05, 0.1) is 17.1 Å². The van der Waals surface area contributed by atoms with Crippen LogP contribution in [0.15, 0.2) is 17.0 Å². The average Bonchev–Trinajstić information content (AvgIpc) is 2.82. The molecule has 20 heavy (non-hydrogen) atoms. The van der Waals surface area contributed by atoms with Crippen molar-refractivity contribution in [3.63, 3.8) is 0 Å². The van der Waals surface area contributed by atoms with Crippen LogP contribution in [0.25, 0.3) is 0 Å². The number of sulfone groups is 1. The Labute approximate surface area is 115 Å². The van der Waals surface area contributed by atoms with Crippen molar-refractivity contribution in [2.45, 2.75) is 11.8 Å². The van der Waals surface area contributed by atoms with Gasteiger partial charge < -0.3 is 14.2 Å². The molecule has 0 amide bonds. The van der Waals surface area contributed by atoms with Crippen LogP contribution in [0.1, 0.15) is 17.3 Å². The minimum absolute atomic E-state index is 0.0172. The summed E-state index contributed by atoms with van der Waals surface area (Å²) in [4.78, 5) is 23.2. The van der Waals surface area contributed by atoms with Gasteiger partial charge >= 0.3 is 5.97 Å². The third-order valence-electron chi connectivity index (χ3n) is 2.58. The lowest BCUT2D eigenvalue weighted by Gasteiger charge is -2.08. The summed E-state index contributed by atoms with van der Waals surface area (Å²) in [6.07, 6.45) is 0.937. The van der Waals surface area contributed by atoms with Crippen LogP contribution in [-0.4, -0.2) is 39.8 Å². The van der Waals surface area contributed by atoms with Gasteiger partial charge in [0, 0.05) is 12.3 Å². The molecule has 1 heterocycles. The highest BCUT2D eigenvalue weighted by Crippen LogP contribution is 2.36. The van der Waals surface area contributed by atoms with E-state index in [1.807, 2.05) is 0 Å². The Morgan fingerprint density at radius 1 is 1.25 bits per heavy atom. The van der Waals surface area contributed by atoms with Crippen molar-refractivity contribution < 1.29 is 32.2 Å². The lowest BCUT2D eigenvalue weighted by Crippen LogP contribution is -2.20. The van der Waals surface area contributed by atoms with Crippen molar-refractivity contribution >= 4 is 21.6 Å². The topological polar surface area (TPSA) is 96.0 Å². The zero-order chi connectivity index (χ0) is 14.9. The van der Waals surface area contributed by atoms with E-state index in [0.717, 1.165) is 6.26 Å². The maximum atomic E-state index is 12.0. The van der Waals surface area contributed by atoms with E-state index in [1.165, 1.54) is 12.1 Å². The molecule has 0 aromatic heterocycles. The highest BCUT2D eigenvalue weighted by Gasteiger charge is 2.29. The molecule has 0 aliphatic carbocycles. The predicted molar refractivity (Wildman–Crippen MR) is 66.6 cm³/mol. The van der Waals surface area contributed by atoms with Gasteiger partial charge in [0.1, 0.15) is 0 Å². The van der Waals surface area contributed by atoms with Crippen LogP contribution in [0.3, 0.4) is 0 Å². The van der Waals surface area contributed by atoms with Crippen LogP contribution >= 0.6 is 0 Å². The van der Waals surface area contributed by atoms with E-state index < -0.39 is 21.6 Å². The molecule has 0 unspecified atom stereocenters. The van der Waals surface area contributed by atoms with E-state index in [-0.39, 0.29) is 35.4 Å². The minimum Gasteiger partial charge on any atom is -0.460 e. The standard InChI is InChI=1S/C12H12O7S/c1-3-17-12(14)11(13)7-4-8-9(19-6-18-8)5-10(7)20(2,15)16/h4-5H,3,6H2,1-2H3. The third-order valence-corrected chi connectivity index (χ3v) is 3.72. The van der Waals surface area contributed by atoms with Gasteiger partial charge in [-0.2, -0.15) is 0 Å². The summed E-state index contributed by atoms with van der Waals surface area (Å²) in [6, 6.07) is 2.35. The molecule has 0 radical (unpaired) electrons. The van der Waals surface area contributed by atoms with Crippen molar-refractivity contribution in [2.75, 3.05) is 19.7 Å². The first-order valence-electron chi connectivity index (χ1n) is 5.69. The first-order chi connectivity index (χ1) is 9.34. The molecule has 1 aromatic rings. The monoisotopic (exact) mass is 300 g/mol. The number of rotatable bonds is 4. The first-order valence-corrected chi connectivity index (χ1v) is 7.59. The number of Topliss-reactive ketones (excluding diaryl/α,β-unsaturated/α-hetero) is 1. The number of ketones is 1. The molecule has 0 atom stereocenters. The molecule has 1 aromatic carbocycles. The van der Waals surface area contributed by atoms with Crippen LogP contribution in [0.2, 0.25) is 0 Å². The number of fused-ring (bicyclic) bond motifs is 1. The molecule has 2 rings (SSSR count). The summed E-state index contributed by atoms with van der Waals surface area (Å²) >= 11 is 0. The Kier molecular flexibility index (Phi) is 3.67. The fourth-order valence-corrected chi connectivity index (χ4v) is 2.59. The van der Waals surface area contributed by atoms with E-state index in [1.54, 1.807) is 6.92 Å². The minimum atomic E-state index is -3.71. The maximum absolute atomic E-state index is 12.0. The second-order valence-electron chi connectivity index (χ2n) is 4.02. The molecule has 0 spiro atoms. The molecule has 7 nitrogen and oxygen atoms in total. The smallest absolute Gasteiger partial charge is 0.379 e. The van der Waals surface area contributed by atoms with Crippen LogP contribution in [0.4, 0.5) is 0 Å². The fraction of sp³-hybridized carbons (Fsp3) is 0.333. The van der Waals surface area contributed by atoms with E-state index >= 15 is 0 Å². The average molecular weight is 300 g/mol. The van der Waals surface area contributed by atoms with Crippen LogP contribution in [0.5, 0.6) is 11.5 Å². The molecular formula is C12H12O7S. The summed E-state index contributed by atoms with van der Waals surface area (Å²) in [5, 5.41) is 0. The van der Waals surface area contributed by atoms with E-state index in [0.29, 0.717) is 0 Å². The number of hydrogen-bond acceptors (Lipinski definition) is 7. The quantitative estimate of drug-likeness (QED) is 0.455. The lowest BCUT2D eigenvalue weighted by atomic mass is 10.1. The van der Waals surface area contributed by atoms with Crippen LogP contribution < -0.4 is 9.47 Å². The molecule has 0 fully saturated rings. The molecular weight excluding hydrogens is 288 g/mol. The lowest BCUT2D eigenvalue weighted by molar-refractivity contribution is -0.137. The molecule has 0 saturated carbocycles. The Morgan fingerprint density at radius 3 is 2.40 bits per heavy atom. The predicted octanol–water partition coefficient (Wildman–Crippen LogP) is 0.565. The van der Waals surface area contributed by atoms with Crippen molar-refractivity contribution in [2.24, 2.45) is 0 Å². The molecule has 108 valence electrons. The molecule has 1 aliphatic heterocycles. The number of carbonyl (C=O) groups excluding carboxylic acids is 2.